The van der Waals surface area contributed by atoms with Gasteiger partial charge in [0.25, 0.3) is 0 Å². The van der Waals surface area contributed by atoms with Crippen molar-refractivity contribution in [1.29, 1.82) is 0 Å². The molecule has 0 bridgehead atoms. The highest BCUT2D eigenvalue weighted by molar-refractivity contribution is 9.14. The third-order valence-corrected chi connectivity index (χ3v) is 7.16. The molecule has 7 heteroatoms. The van der Waals surface area contributed by atoms with Crippen molar-refractivity contribution in [2.45, 2.75) is 9.40 Å². The summed E-state index contributed by atoms with van der Waals surface area (Å²) in [5.74, 6) is 0.783. The van der Waals surface area contributed by atoms with Gasteiger partial charge in [-0.1, -0.05) is 78.1 Å². The van der Waals surface area contributed by atoms with Gasteiger partial charge in [-0.15, -0.1) is 0 Å². The molecule has 3 rings (SSSR count). The van der Waals surface area contributed by atoms with Crippen molar-refractivity contribution < 1.29 is 0 Å². The molecule has 1 aliphatic heterocycles. The Hall–Kier alpha value is -0.530. The summed E-state index contributed by atoms with van der Waals surface area (Å²) in [6.45, 7) is 0. The number of alkyl halides is 3. The smallest absolute Gasteiger partial charge is 0.223 e. The zero-order chi connectivity index (χ0) is 13.5. The second-order valence-corrected chi connectivity index (χ2v) is 7.17. The third kappa shape index (κ3) is 2.32. The molecule has 100 valence electrons. The Morgan fingerprint density at radius 2 is 2.05 bits per heavy atom. The maximum absolute atomic E-state index is 4.43. The number of fused-ring (bicyclic) bond motifs is 1. The number of imidazole rings is 1. The second-order valence-electron chi connectivity index (χ2n) is 4.28. The molecule has 1 aromatic heterocycles. The van der Waals surface area contributed by atoms with Crippen molar-refractivity contribution in [2.75, 3.05) is 16.1 Å². The van der Waals surface area contributed by atoms with Gasteiger partial charge < -0.3 is 10.7 Å². The van der Waals surface area contributed by atoms with Gasteiger partial charge in [0.1, 0.15) is 9.40 Å². The molecule has 2 aromatic rings. The molecule has 0 saturated carbocycles. The lowest BCUT2D eigenvalue weighted by atomic mass is 10.2. The zero-order valence-corrected chi connectivity index (χ0v) is 14.5. The molecule has 0 aliphatic carbocycles. The van der Waals surface area contributed by atoms with Crippen LogP contribution < -0.4 is 10.7 Å². The standard InChI is InChI=1S/C12H11Br3N4/c13-7-12(15)10(14)18-19-9(6-16-11(19)17-12)8-4-2-1-3-5-8/h1-6,10,18H,7H2,(H,16,17). The van der Waals surface area contributed by atoms with Crippen molar-refractivity contribution in [1.82, 2.24) is 9.66 Å². The van der Waals surface area contributed by atoms with Crippen LogP contribution in [0.25, 0.3) is 11.3 Å². The number of anilines is 1. The summed E-state index contributed by atoms with van der Waals surface area (Å²) < 4.78 is 1.64. The van der Waals surface area contributed by atoms with Crippen LogP contribution >= 0.6 is 47.8 Å². The Balaban J connectivity index is 2.02. The molecule has 0 fully saturated rings. The highest BCUT2D eigenvalue weighted by Crippen LogP contribution is 2.36. The van der Waals surface area contributed by atoms with Crippen LogP contribution in [0.2, 0.25) is 0 Å². The maximum atomic E-state index is 4.43. The molecule has 0 saturated heterocycles. The summed E-state index contributed by atoms with van der Waals surface area (Å²) in [7, 11) is 0. The summed E-state index contributed by atoms with van der Waals surface area (Å²) in [5, 5.41) is 4.11. The van der Waals surface area contributed by atoms with Gasteiger partial charge in [0.15, 0.2) is 0 Å². The normalized spacial score (nSPS) is 25.3. The van der Waals surface area contributed by atoms with E-state index in [2.05, 4.69) is 75.6 Å². The predicted molar refractivity (Wildman–Crippen MR) is 88.8 cm³/mol. The van der Waals surface area contributed by atoms with E-state index in [1.807, 2.05) is 29.1 Å². The van der Waals surface area contributed by atoms with Crippen LogP contribution in [0.5, 0.6) is 0 Å². The van der Waals surface area contributed by atoms with Crippen molar-refractivity contribution >= 4 is 53.7 Å². The fourth-order valence-electron chi connectivity index (χ4n) is 1.95. The predicted octanol–water partition coefficient (Wildman–Crippen LogP) is 3.73. The van der Waals surface area contributed by atoms with E-state index >= 15 is 0 Å². The lowest BCUT2D eigenvalue weighted by Gasteiger charge is -2.38. The molecule has 4 nitrogen and oxygen atoms in total. The number of nitrogens with one attached hydrogen (secondary N) is 2. The molecule has 0 amide bonds. The Bertz CT molecular complexity index is 586. The number of halogens is 3. The Kier molecular flexibility index (Phi) is 3.61. The molecule has 2 atom stereocenters. The fourth-order valence-corrected chi connectivity index (χ4v) is 3.61. The number of hydrogen-bond donors (Lipinski definition) is 2. The molecular weight excluding hydrogens is 440 g/mol. The summed E-state index contributed by atoms with van der Waals surface area (Å²) in [6.07, 6.45) is 1.86. The minimum Gasteiger partial charge on any atom is -0.336 e. The Morgan fingerprint density at radius 1 is 1.32 bits per heavy atom. The van der Waals surface area contributed by atoms with E-state index in [9.17, 15) is 0 Å². The molecule has 1 aromatic carbocycles. The minimum absolute atomic E-state index is 0.0172. The first kappa shape index (κ1) is 13.5. The molecule has 2 N–H and O–H groups in total. The second kappa shape index (κ2) is 5.10. The monoisotopic (exact) mass is 448 g/mol. The van der Waals surface area contributed by atoms with Crippen LogP contribution in [0.4, 0.5) is 5.95 Å². The number of hydrogen-bond acceptors (Lipinski definition) is 3. The van der Waals surface area contributed by atoms with E-state index in [-0.39, 0.29) is 9.40 Å². The van der Waals surface area contributed by atoms with Crippen LogP contribution in [0.1, 0.15) is 0 Å². The van der Waals surface area contributed by atoms with Crippen LogP contribution in [0.3, 0.4) is 0 Å². The van der Waals surface area contributed by atoms with Crippen molar-refractivity contribution in [3.8, 4) is 11.3 Å². The van der Waals surface area contributed by atoms with E-state index in [4.69, 9.17) is 0 Å². The van der Waals surface area contributed by atoms with Crippen molar-refractivity contribution in [3.63, 3.8) is 0 Å². The maximum Gasteiger partial charge on any atom is 0.223 e. The van der Waals surface area contributed by atoms with Crippen molar-refractivity contribution in [2.24, 2.45) is 0 Å². The molecule has 2 unspecified atom stereocenters. The van der Waals surface area contributed by atoms with Gasteiger partial charge in [0, 0.05) is 10.9 Å². The first-order valence-corrected chi connectivity index (χ1v) is 8.54. The van der Waals surface area contributed by atoms with E-state index in [0.29, 0.717) is 0 Å². The van der Waals surface area contributed by atoms with Gasteiger partial charge in [0.05, 0.1) is 11.9 Å². The first-order valence-electron chi connectivity index (χ1n) is 5.71. The lowest BCUT2D eigenvalue weighted by Crippen LogP contribution is -2.53. The topological polar surface area (TPSA) is 41.9 Å². The van der Waals surface area contributed by atoms with E-state index in [0.717, 1.165) is 22.5 Å². The van der Waals surface area contributed by atoms with Crippen LogP contribution in [-0.4, -0.2) is 24.4 Å². The highest BCUT2D eigenvalue weighted by Gasteiger charge is 2.39. The average Bonchev–Trinajstić information content (AvgIpc) is 2.83. The van der Waals surface area contributed by atoms with Crippen molar-refractivity contribution in [3.05, 3.63) is 36.5 Å². The van der Waals surface area contributed by atoms with E-state index in [1.54, 1.807) is 0 Å². The Labute approximate surface area is 136 Å². The Morgan fingerprint density at radius 3 is 2.74 bits per heavy atom. The molecule has 1 aliphatic rings. The highest BCUT2D eigenvalue weighted by atomic mass is 79.9. The van der Waals surface area contributed by atoms with Gasteiger partial charge in [-0.3, -0.25) is 0 Å². The summed E-state index contributed by atoms with van der Waals surface area (Å²) >= 11 is 10.8. The number of benzene rings is 1. The lowest BCUT2D eigenvalue weighted by molar-refractivity contribution is 0.646. The molecule has 19 heavy (non-hydrogen) atoms. The van der Waals surface area contributed by atoms with E-state index in [1.165, 1.54) is 0 Å². The van der Waals surface area contributed by atoms with Gasteiger partial charge in [-0.05, 0) is 0 Å². The van der Waals surface area contributed by atoms with Gasteiger partial charge in [0.2, 0.25) is 5.95 Å². The first-order chi connectivity index (χ1) is 9.14. The fraction of sp³-hybridized carbons (Fsp3) is 0.250. The van der Waals surface area contributed by atoms with Gasteiger partial charge in [-0.25, -0.2) is 9.66 Å². The minimum atomic E-state index is -0.317. The third-order valence-electron chi connectivity index (χ3n) is 2.99. The molecule has 2 heterocycles. The van der Waals surface area contributed by atoms with Crippen LogP contribution in [-0.2, 0) is 0 Å². The average molecular weight is 451 g/mol. The van der Waals surface area contributed by atoms with Gasteiger partial charge >= 0.3 is 0 Å². The van der Waals surface area contributed by atoms with Crippen LogP contribution in [0, 0.1) is 0 Å². The van der Waals surface area contributed by atoms with Crippen LogP contribution in [0.15, 0.2) is 36.5 Å². The van der Waals surface area contributed by atoms with E-state index < -0.39 is 0 Å². The molecule has 0 spiro atoms. The molecular formula is C12H11Br3N4. The zero-order valence-electron chi connectivity index (χ0n) is 9.78. The SMILES string of the molecule is BrCC1(Br)Nc2ncc(-c3ccccc3)n2NC1Br. The number of rotatable bonds is 2. The largest absolute Gasteiger partial charge is 0.336 e. The summed E-state index contributed by atoms with van der Waals surface area (Å²) in [4.78, 5) is 4.45. The van der Waals surface area contributed by atoms with Gasteiger partial charge in [-0.2, -0.15) is 0 Å². The number of nitrogens with zero attached hydrogens (tertiary/aromatic N) is 2. The quantitative estimate of drug-likeness (QED) is 0.541. The summed E-state index contributed by atoms with van der Waals surface area (Å²) in [5.41, 5.74) is 5.53. The molecule has 0 radical (unpaired) electrons. The number of aromatic nitrogens is 2. The summed E-state index contributed by atoms with van der Waals surface area (Å²) in [6, 6.07) is 10.2.